The maximum atomic E-state index is 10.2. The summed E-state index contributed by atoms with van der Waals surface area (Å²) in [4.78, 5) is 10.2. The number of hydrogen-bond acceptors (Lipinski definition) is 1. The van der Waals surface area contributed by atoms with Crippen LogP contribution in [0.2, 0.25) is 0 Å². The molecular formula is C7H10Cl2O. The molecule has 58 valence electrons. The lowest BCUT2D eigenvalue weighted by atomic mass is 10.2. The van der Waals surface area contributed by atoms with Gasteiger partial charge in [0.2, 0.25) is 5.24 Å². The molecule has 0 fully saturated rings. The molecule has 0 radical (unpaired) electrons. The molecule has 0 aromatic rings. The second-order valence-corrected chi connectivity index (χ2v) is 3.04. The first kappa shape index (κ1) is 9.99. The van der Waals surface area contributed by atoms with E-state index in [9.17, 15) is 4.79 Å². The second-order valence-electron chi connectivity index (χ2n) is 2.08. The molecule has 0 aromatic heterocycles. The summed E-state index contributed by atoms with van der Waals surface area (Å²) in [5, 5.41) is 0.363. The van der Waals surface area contributed by atoms with Crippen LogP contribution in [-0.2, 0) is 4.79 Å². The summed E-state index contributed by atoms with van der Waals surface area (Å²) in [5.74, 6) is 0. The Morgan fingerprint density at radius 1 is 1.20 bits per heavy atom. The lowest BCUT2D eigenvalue weighted by Gasteiger charge is -1.94. The standard InChI is InChI=1S/C7H10Cl2O/c1-6(8)4-2-3-5-7(9)10/h1-5H2. The number of halogens is 2. The van der Waals surface area contributed by atoms with Gasteiger partial charge in [-0.15, -0.1) is 0 Å². The predicted octanol–water partition coefficient (Wildman–Crippen LogP) is 3.06. The number of hydrogen-bond donors (Lipinski definition) is 0. The van der Waals surface area contributed by atoms with Gasteiger partial charge in [-0.3, -0.25) is 4.79 Å². The zero-order valence-corrected chi connectivity index (χ0v) is 7.21. The van der Waals surface area contributed by atoms with E-state index in [1.54, 1.807) is 0 Å². The van der Waals surface area contributed by atoms with E-state index in [0.29, 0.717) is 11.5 Å². The highest BCUT2D eigenvalue weighted by atomic mass is 35.5. The Balaban J connectivity index is 3.06. The summed E-state index contributed by atoms with van der Waals surface area (Å²) < 4.78 is 0. The van der Waals surface area contributed by atoms with Crippen molar-refractivity contribution >= 4 is 28.4 Å². The van der Waals surface area contributed by atoms with E-state index in [0.717, 1.165) is 19.3 Å². The minimum Gasteiger partial charge on any atom is -0.281 e. The van der Waals surface area contributed by atoms with Gasteiger partial charge in [0.25, 0.3) is 0 Å². The third-order valence-electron chi connectivity index (χ3n) is 1.07. The molecule has 0 saturated heterocycles. The van der Waals surface area contributed by atoms with Crippen molar-refractivity contribution in [1.29, 1.82) is 0 Å². The number of rotatable bonds is 5. The van der Waals surface area contributed by atoms with Gasteiger partial charge in [-0.05, 0) is 30.9 Å². The van der Waals surface area contributed by atoms with Gasteiger partial charge in [0.1, 0.15) is 0 Å². The molecule has 0 aliphatic rings. The Hall–Kier alpha value is -0.0100. The summed E-state index contributed by atoms with van der Waals surface area (Å²) >= 11 is 10.6. The Morgan fingerprint density at radius 3 is 2.10 bits per heavy atom. The molecule has 0 spiro atoms. The fourth-order valence-electron chi connectivity index (χ4n) is 0.581. The highest BCUT2D eigenvalue weighted by Crippen LogP contribution is 2.10. The molecule has 0 atom stereocenters. The molecule has 0 amide bonds. The van der Waals surface area contributed by atoms with Crippen molar-refractivity contribution in [3.05, 3.63) is 11.6 Å². The number of carbonyl (C=O) groups is 1. The third kappa shape index (κ3) is 7.99. The molecule has 0 aromatic carbocycles. The first-order chi connectivity index (χ1) is 4.63. The summed E-state index contributed by atoms with van der Waals surface area (Å²) in [6, 6.07) is 0. The zero-order chi connectivity index (χ0) is 7.98. The van der Waals surface area contributed by atoms with Gasteiger partial charge < -0.3 is 0 Å². The van der Waals surface area contributed by atoms with Crippen LogP contribution >= 0.6 is 23.2 Å². The SMILES string of the molecule is C=C(Cl)CCCCC(=O)Cl. The quantitative estimate of drug-likeness (QED) is 0.470. The molecule has 0 heterocycles. The molecule has 0 aliphatic heterocycles. The smallest absolute Gasteiger partial charge is 0.221 e. The van der Waals surface area contributed by atoms with Gasteiger partial charge in [-0.25, -0.2) is 0 Å². The molecule has 10 heavy (non-hydrogen) atoms. The highest BCUT2D eigenvalue weighted by Gasteiger charge is 1.95. The monoisotopic (exact) mass is 180 g/mol. The second kappa shape index (κ2) is 5.75. The molecule has 0 rings (SSSR count). The Morgan fingerprint density at radius 2 is 1.70 bits per heavy atom. The van der Waals surface area contributed by atoms with Crippen LogP contribution in [0, 0.1) is 0 Å². The van der Waals surface area contributed by atoms with Crippen LogP contribution in [0.15, 0.2) is 11.6 Å². The normalized spacial score (nSPS) is 9.40. The molecule has 0 N–H and O–H groups in total. The van der Waals surface area contributed by atoms with Crippen molar-refractivity contribution < 1.29 is 4.79 Å². The van der Waals surface area contributed by atoms with Gasteiger partial charge in [-0.1, -0.05) is 18.2 Å². The van der Waals surface area contributed by atoms with E-state index in [2.05, 4.69) is 6.58 Å². The van der Waals surface area contributed by atoms with Crippen LogP contribution in [0.3, 0.4) is 0 Å². The van der Waals surface area contributed by atoms with Crippen molar-refractivity contribution in [2.45, 2.75) is 25.7 Å². The van der Waals surface area contributed by atoms with Crippen LogP contribution in [0.25, 0.3) is 0 Å². The first-order valence-corrected chi connectivity index (χ1v) is 3.90. The number of unbranched alkanes of at least 4 members (excludes halogenated alkanes) is 1. The zero-order valence-electron chi connectivity index (χ0n) is 5.70. The topological polar surface area (TPSA) is 17.1 Å². The van der Waals surface area contributed by atoms with Crippen molar-refractivity contribution in [2.75, 3.05) is 0 Å². The molecule has 0 aliphatic carbocycles. The summed E-state index contributed by atoms with van der Waals surface area (Å²) in [6.45, 7) is 3.52. The molecule has 0 unspecified atom stereocenters. The van der Waals surface area contributed by atoms with E-state index >= 15 is 0 Å². The van der Waals surface area contributed by atoms with Crippen molar-refractivity contribution in [3.63, 3.8) is 0 Å². The molecule has 0 bridgehead atoms. The molecule has 3 heteroatoms. The van der Waals surface area contributed by atoms with Crippen LogP contribution in [-0.4, -0.2) is 5.24 Å². The third-order valence-corrected chi connectivity index (χ3v) is 1.45. The van der Waals surface area contributed by atoms with Crippen molar-refractivity contribution in [2.24, 2.45) is 0 Å². The maximum absolute atomic E-state index is 10.2. The number of allylic oxidation sites excluding steroid dienone is 1. The van der Waals surface area contributed by atoms with Crippen LogP contribution in [0.4, 0.5) is 0 Å². The van der Waals surface area contributed by atoms with Gasteiger partial charge >= 0.3 is 0 Å². The van der Waals surface area contributed by atoms with Gasteiger partial charge in [0.15, 0.2) is 0 Å². The van der Waals surface area contributed by atoms with E-state index in [4.69, 9.17) is 23.2 Å². The molecule has 0 saturated carbocycles. The highest BCUT2D eigenvalue weighted by molar-refractivity contribution is 6.63. The number of carbonyl (C=O) groups excluding carboxylic acids is 1. The van der Waals surface area contributed by atoms with Gasteiger partial charge in [0, 0.05) is 11.5 Å². The summed E-state index contributed by atoms with van der Waals surface area (Å²) in [7, 11) is 0. The Kier molecular flexibility index (Phi) is 5.74. The fraction of sp³-hybridized carbons (Fsp3) is 0.571. The predicted molar refractivity (Wildman–Crippen MR) is 44.3 cm³/mol. The lowest BCUT2D eigenvalue weighted by molar-refractivity contribution is -0.111. The minimum absolute atomic E-state index is 0.278. The minimum atomic E-state index is -0.278. The van der Waals surface area contributed by atoms with E-state index in [1.807, 2.05) is 0 Å². The van der Waals surface area contributed by atoms with Crippen LogP contribution in [0.1, 0.15) is 25.7 Å². The average molecular weight is 181 g/mol. The fourth-order valence-corrected chi connectivity index (χ4v) is 0.848. The summed E-state index contributed by atoms with van der Waals surface area (Å²) in [6.07, 6.45) is 2.90. The lowest BCUT2D eigenvalue weighted by Crippen LogP contribution is -1.85. The average Bonchev–Trinajstić information content (AvgIpc) is 1.79. The molecular weight excluding hydrogens is 171 g/mol. The van der Waals surface area contributed by atoms with E-state index in [1.165, 1.54) is 0 Å². The van der Waals surface area contributed by atoms with Crippen LogP contribution < -0.4 is 0 Å². The first-order valence-electron chi connectivity index (χ1n) is 3.14. The van der Waals surface area contributed by atoms with E-state index < -0.39 is 0 Å². The van der Waals surface area contributed by atoms with E-state index in [-0.39, 0.29) is 5.24 Å². The maximum Gasteiger partial charge on any atom is 0.221 e. The van der Waals surface area contributed by atoms with Crippen molar-refractivity contribution in [1.82, 2.24) is 0 Å². The Labute approximate surface area is 71.0 Å². The summed E-state index contributed by atoms with van der Waals surface area (Å²) in [5.41, 5.74) is 0. The van der Waals surface area contributed by atoms with Crippen LogP contribution in [0.5, 0.6) is 0 Å². The van der Waals surface area contributed by atoms with Gasteiger partial charge in [0.05, 0.1) is 0 Å². The van der Waals surface area contributed by atoms with Crippen molar-refractivity contribution in [3.8, 4) is 0 Å². The van der Waals surface area contributed by atoms with Gasteiger partial charge in [-0.2, -0.15) is 0 Å². The molecule has 1 nitrogen and oxygen atoms in total. The largest absolute Gasteiger partial charge is 0.281 e. The Bertz CT molecular complexity index is 116.